The van der Waals surface area contributed by atoms with E-state index in [0.29, 0.717) is 17.9 Å². The quantitative estimate of drug-likeness (QED) is 0.661. The topological polar surface area (TPSA) is 76.3 Å². The van der Waals surface area contributed by atoms with Crippen molar-refractivity contribution in [3.05, 3.63) is 26.4 Å². The largest absolute Gasteiger partial charge is 0.395 e. The molecule has 0 amide bonds. The summed E-state index contributed by atoms with van der Waals surface area (Å²) in [4.78, 5) is 23.1. The van der Waals surface area contributed by atoms with Gasteiger partial charge in [0.05, 0.1) is 12.2 Å². The highest BCUT2D eigenvalue weighted by atomic mass is 16.3. The van der Waals surface area contributed by atoms with Gasteiger partial charge in [0.1, 0.15) is 5.82 Å². The third-order valence-corrected chi connectivity index (χ3v) is 2.29. The number of nitrogens with one attached hydrogen (secondary N) is 1. The van der Waals surface area contributed by atoms with E-state index in [4.69, 9.17) is 5.11 Å². The summed E-state index contributed by atoms with van der Waals surface area (Å²) in [5.41, 5.74) is -0.238. The minimum absolute atomic E-state index is 0.0527. The number of hydrogen-bond donors (Lipinski definition) is 2. The van der Waals surface area contributed by atoms with Gasteiger partial charge in [0.25, 0.3) is 5.56 Å². The van der Waals surface area contributed by atoms with E-state index in [-0.39, 0.29) is 17.9 Å². The van der Waals surface area contributed by atoms with Gasteiger partial charge in [-0.05, 0) is 6.92 Å². The lowest BCUT2D eigenvalue weighted by molar-refractivity contribution is 0.310. The number of aliphatic hydroxyl groups is 1. The first-order valence-corrected chi connectivity index (χ1v) is 4.62. The van der Waals surface area contributed by atoms with E-state index in [0.717, 1.165) is 4.57 Å². The van der Waals surface area contributed by atoms with Gasteiger partial charge in [-0.25, -0.2) is 4.79 Å². The average Bonchev–Trinajstić information content (AvgIpc) is 2.24. The molecule has 6 nitrogen and oxygen atoms in total. The number of aliphatic hydroxyl groups excluding tert-OH is 1. The van der Waals surface area contributed by atoms with Gasteiger partial charge >= 0.3 is 5.69 Å². The lowest BCUT2D eigenvalue weighted by Gasteiger charge is -2.13. The molecular formula is C9H15N3O3. The van der Waals surface area contributed by atoms with Gasteiger partial charge < -0.3 is 10.4 Å². The molecule has 0 aliphatic rings. The van der Waals surface area contributed by atoms with E-state index >= 15 is 0 Å². The zero-order valence-electron chi connectivity index (χ0n) is 9.07. The van der Waals surface area contributed by atoms with Crippen LogP contribution in [0.25, 0.3) is 0 Å². The van der Waals surface area contributed by atoms with Crippen molar-refractivity contribution in [1.82, 2.24) is 9.13 Å². The van der Waals surface area contributed by atoms with E-state index < -0.39 is 0 Å². The van der Waals surface area contributed by atoms with Crippen molar-refractivity contribution in [2.45, 2.75) is 6.92 Å². The fraction of sp³-hybridized carbons (Fsp3) is 0.556. The standard InChI is InChI=1S/C9H15N3O3/c1-6-7(10-4-5-13)11(2)9(15)12(3)8(6)14/h10,13H,4-5H2,1-3H3. The maximum Gasteiger partial charge on any atom is 0.332 e. The van der Waals surface area contributed by atoms with Crippen LogP contribution in [0, 0.1) is 6.92 Å². The Bertz CT molecular complexity index is 435. The molecule has 1 aromatic heterocycles. The lowest BCUT2D eigenvalue weighted by atomic mass is 10.3. The molecule has 1 aromatic rings. The van der Waals surface area contributed by atoms with Crippen molar-refractivity contribution in [3.8, 4) is 0 Å². The predicted octanol–water partition coefficient (Wildman–Crippen LogP) is -1.20. The van der Waals surface area contributed by atoms with Crippen molar-refractivity contribution >= 4 is 5.82 Å². The Morgan fingerprint density at radius 2 is 1.87 bits per heavy atom. The van der Waals surface area contributed by atoms with Crippen LogP contribution in [-0.4, -0.2) is 27.4 Å². The molecule has 2 N–H and O–H groups in total. The smallest absolute Gasteiger partial charge is 0.332 e. The van der Waals surface area contributed by atoms with Crippen LogP contribution >= 0.6 is 0 Å². The summed E-state index contributed by atoms with van der Waals surface area (Å²) >= 11 is 0. The Kier molecular flexibility index (Phi) is 3.31. The Labute approximate surface area is 86.8 Å². The second-order valence-electron chi connectivity index (χ2n) is 3.33. The Morgan fingerprint density at radius 3 is 2.40 bits per heavy atom. The zero-order chi connectivity index (χ0) is 11.6. The van der Waals surface area contributed by atoms with Gasteiger partial charge in [-0.1, -0.05) is 0 Å². The third-order valence-electron chi connectivity index (χ3n) is 2.29. The van der Waals surface area contributed by atoms with Crippen molar-refractivity contribution in [2.75, 3.05) is 18.5 Å². The minimum Gasteiger partial charge on any atom is -0.395 e. The SMILES string of the molecule is Cc1c(NCCO)n(C)c(=O)n(C)c1=O. The molecule has 1 heterocycles. The summed E-state index contributed by atoms with van der Waals surface area (Å²) in [6, 6.07) is 0. The number of anilines is 1. The monoisotopic (exact) mass is 213 g/mol. The number of rotatable bonds is 3. The molecule has 0 fully saturated rings. The van der Waals surface area contributed by atoms with E-state index in [1.165, 1.54) is 11.6 Å². The van der Waals surface area contributed by atoms with Crippen molar-refractivity contribution < 1.29 is 5.11 Å². The molecule has 0 radical (unpaired) electrons. The summed E-state index contributed by atoms with van der Waals surface area (Å²) < 4.78 is 2.41. The molecule has 0 spiro atoms. The van der Waals surface area contributed by atoms with Gasteiger partial charge in [0.15, 0.2) is 0 Å². The van der Waals surface area contributed by atoms with E-state index in [2.05, 4.69) is 5.32 Å². The first-order chi connectivity index (χ1) is 7.00. The summed E-state index contributed by atoms with van der Waals surface area (Å²) in [6.45, 7) is 1.89. The van der Waals surface area contributed by atoms with Crippen LogP contribution in [0.2, 0.25) is 0 Å². The molecule has 0 saturated carbocycles. The highest BCUT2D eigenvalue weighted by Gasteiger charge is 2.10. The maximum atomic E-state index is 11.6. The van der Waals surface area contributed by atoms with E-state index in [9.17, 15) is 9.59 Å². The first kappa shape index (κ1) is 11.5. The van der Waals surface area contributed by atoms with Crippen LogP contribution in [0.15, 0.2) is 9.59 Å². The summed E-state index contributed by atoms with van der Waals surface area (Å²) in [5, 5.41) is 11.5. The Balaban J connectivity index is 3.39. The van der Waals surface area contributed by atoms with Gasteiger partial charge in [0, 0.05) is 20.6 Å². The number of aromatic nitrogens is 2. The lowest BCUT2D eigenvalue weighted by Crippen LogP contribution is -2.39. The molecule has 6 heteroatoms. The summed E-state index contributed by atoms with van der Waals surface area (Å²) in [7, 11) is 3.02. The fourth-order valence-corrected chi connectivity index (χ4v) is 1.44. The molecule has 0 atom stereocenters. The van der Waals surface area contributed by atoms with Crippen LogP contribution in [0.1, 0.15) is 5.56 Å². The number of hydrogen-bond acceptors (Lipinski definition) is 4. The number of nitrogens with zero attached hydrogens (tertiary/aromatic N) is 2. The highest BCUT2D eigenvalue weighted by Crippen LogP contribution is 2.05. The minimum atomic E-state index is -0.383. The van der Waals surface area contributed by atoms with Crippen molar-refractivity contribution in [3.63, 3.8) is 0 Å². The molecule has 0 aromatic carbocycles. The van der Waals surface area contributed by atoms with Gasteiger partial charge in [0.2, 0.25) is 0 Å². The molecular weight excluding hydrogens is 198 g/mol. The first-order valence-electron chi connectivity index (χ1n) is 4.62. The molecule has 0 aliphatic heterocycles. The van der Waals surface area contributed by atoms with Crippen LogP contribution in [0.3, 0.4) is 0 Å². The Morgan fingerprint density at radius 1 is 1.27 bits per heavy atom. The van der Waals surface area contributed by atoms with Crippen LogP contribution in [0.5, 0.6) is 0 Å². The normalized spacial score (nSPS) is 10.4. The molecule has 0 aliphatic carbocycles. The van der Waals surface area contributed by atoms with Crippen LogP contribution < -0.4 is 16.6 Å². The summed E-state index contributed by atoms with van der Waals surface area (Å²) in [6.07, 6.45) is 0. The predicted molar refractivity (Wildman–Crippen MR) is 57.2 cm³/mol. The van der Waals surface area contributed by atoms with Gasteiger partial charge in [-0.15, -0.1) is 0 Å². The molecule has 0 unspecified atom stereocenters. The Hall–Kier alpha value is -1.56. The fourth-order valence-electron chi connectivity index (χ4n) is 1.44. The second-order valence-corrected chi connectivity index (χ2v) is 3.33. The van der Waals surface area contributed by atoms with Crippen molar-refractivity contribution in [2.24, 2.45) is 14.1 Å². The molecule has 0 bridgehead atoms. The van der Waals surface area contributed by atoms with Crippen LogP contribution in [-0.2, 0) is 14.1 Å². The van der Waals surface area contributed by atoms with E-state index in [1.807, 2.05) is 0 Å². The summed E-state index contributed by atoms with van der Waals surface area (Å²) in [5.74, 6) is 0.456. The van der Waals surface area contributed by atoms with Crippen molar-refractivity contribution in [1.29, 1.82) is 0 Å². The molecule has 84 valence electrons. The molecule has 1 rings (SSSR count). The highest BCUT2D eigenvalue weighted by molar-refractivity contribution is 5.42. The van der Waals surface area contributed by atoms with Crippen LogP contribution in [0.4, 0.5) is 5.82 Å². The zero-order valence-corrected chi connectivity index (χ0v) is 9.07. The average molecular weight is 213 g/mol. The van der Waals surface area contributed by atoms with Gasteiger partial charge in [-0.2, -0.15) is 0 Å². The van der Waals surface area contributed by atoms with Gasteiger partial charge in [-0.3, -0.25) is 13.9 Å². The third kappa shape index (κ3) is 1.94. The maximum absolute atomic E-state index is 11.6. The van der Waals surface area contributed by atoms with E-state index in [1.54, 1.807) is 14.0 Å². The second kappa shape index (κ2) is 4.31. The molecule has 15 heavy (non-hydrogen) atoms. The molecule has 0 saturated heterocycles.